The number of methoxy groups -OCH3 is 1. The highest BCUT2D eigenvalue weighted by Crippen LogP contribution is 2.38. The lowest BCUT2D eigenvalue weighted by molar-refractivity contribution is 0.215. The van der Waals surface area contributed by atoms with E-state index in [-0.39, 0.29) is 11.6 Å². The zero-order valence-corrected chi connectivity index (χ0v) is 19.7. The van der Waals surface area contributed by atoms with Crippen LogP contribution in [0.15, 0.2) is 36.7 Å². The van der Waals surface area contributed by atoms with Gasteiger partial charge in [-0.3, -0.25) is 0 Å². The van der Waals surface area contributed by atoms with Crippen LogP contribution >= 0.6 is 0 Å². The maximum absolute atomic E-state index is 14.1. The van der Waals surface area contributed by atoms with Gasteiger partial charge in [0.15, 0.2) is 17.5 Å². The number of piperidine rings is 2. The van der Waals surface area contributed by atoms with Crippen molar-refractivity contribution in [1.29, 1.82) is 0 Å². The molecular formula is C26H29FN6O2. The summed E-state index contributed by atoms with van der Waals surface area (Å²) >= 11 is 0. The van der Waals surface area contributed by atoms with Crippen molar-refractivity contribution >= 4 is 5.82 Å². The molecule has 6 rings (SSSR count). The SMILES string of the molecule is COc1ncc(-c2ccc(-c3ncc(N(C4CC4)C4C[C@@H]5CCC[C@@H](C4)N5)nn3)c(O)c2)cc1F. The minimum atomic E-state index is -0.561. The average Bonchev–Trinajstić information content (AvgIpc) is 3.70. The van der Waals surface area contributed by atoms with Gasteiger partial charge in [0.1, 0.15) is 5.75 Å². The summed E-state index contributed by atoms with van der Waals surface area (Å²) < 4.78 is 18.9. The summed E-state index contributed by atoms with van der Waals surface area (Å²) in [6.07, 6.45) is 11.8. The fraction of sp³-hybridized carbons (Fsp3) is 0.462. The average molecular weight is 477 g/mol. The molecule has 2 saturated heterocycles. The molecule has 9 heteroatoms. The van der Waals surface area contributed by atoms with Gasteiger partial charge in [-0.25, -0.2) is 14.4 Å². The third-order valence-electron chi connectivity index (χ3n) is 7.41. The molecule has 2 bridgehead atoms. The number of hydrogen-bond donors (Lipinski definition) is 2. The first-order valence-electron chi connectivity index (χ1n) is 12.4. The standard InChI is InChI=1S/C26H29FN6O2/c1-35-26-22(27)9-16(13-29-26)15-5-8-21(23(34)10-15)25-28-14-24(31-32-25)33(19-6-7-19)20-11-17-3-2-4-18(12-20)30-17/h5,8-10,13-14,17-20,30,34H,2-4,6-7,11-12H2,1H3/t17-,18-/m0/s1. The molecule has 4 heterocycles. The van der Waals surface area contributed by atoms with Crippen molar-refractivity contribution in [3.05, 3.63) is 42.5 Å². The molecule has 2 N–H and O–H groups in total. The third kappa shape index (κ3) is 4.40. The van der Waals surface area contributed by atoms with Gasteiger partial charge in [0.05, 0.1) is 18.9 Å². The fourth-order valence-electron chi connectivity index (χ4n) is 5.63. The largest absolute Gasteiger partial charge is 0.507 e. The van der Waals surface area contributed by atoms with Crippen LogP contribution in [-0.2, 0) is 0 Å². The van der Waals surface area contributed by atoms with E-state index in [1.165, 1.54) is 51.5 Å². The predicted molar refractivity (Wildman–Crippen MR) is 130 cm³/mol. The van der Waals surface area contributed by atoms with E-state index >= 15 is 0 Å². The van der Waals surface area contributed by atoms with Crippen LogP contribution in [0.5, 0.6) is 11.6 Å². The van der Waals surface area contributed by atoms with E-state index in [4.69, 9.17) is 4.74 Å². The van der Waals surface area contributed by atoms with Crippen LogP contribution < -0.4 is 15.0 Å². The molecule has 3 fully saturated rings. The van der Waals surface area contributed by atoms with Crippen LogP contribution in [0.2, 0.25) is 0 Å². The van der Waals surface area contributed by atoms with Gasteiger partial charge in [-0.15, -0.1) is 10.2 Å². The summed E-state index contributed by atoms with van der Waals surface area (Å²) in [4.78, 5) is 11.0. The highest BCUT2D eigenvalue weighted by Gasteiger charge is 2.40. The van der Waals surface area contributed by atoms with Gasteiger partial charge >= 0.3 is 0 Å². The number of phenols is 1. The lowest BCUT2D eigenvalue weighted by Gasteiger charge is -2.45. The third-order valence-corrected chi connectivity index (χ3v) is 7.41. The number of phenolic OH excluding ortho intramolecular Hbond substituents is 1. The molecule has 2 atom stereocenters. The maximum Gasteiger partial charge on any atom is 0.250 e. The Morgan fingerprint density at radius 3 is 2.40 bits per heavy atom. The molecule has 35 heavy (non-hydrogen) atoms. The first-order valence-corrected chi connectivity index (χ1v) is 12.4. The van der Waals surface area contributed by atoms with Crippen molar-refractivity contribution in [2.24, 2.45) is 0 Å². The summed E-state index contributed by atoms with van der Waals surface area (Å²) in [6, 6.07) is 8.56. The molecule has 0 amide bonds. The zero-order valence-electron chi connectivity index (χ0n) is 19.7. The second kappa shape index (κ2) is 9.03. The number of aromatic hydroxyl groups is 1. The molecule has 3 aliphatic rings. The molecule has 2 aliphatic heterocycles. The van der Waals surface area contributed by atoms with Gasteiger partial charge in [-0.1, -0.05) is 12.5 Å². The Labute approximate surface area is 203 Å². The van der Waals surface area contributed by atoms with Crippen molar-refractivity contribution in [2.45, 2.75) is 69.1 Å². The molecule has 1 saturated carbocycles. The highest BCUT2D eigenvalue weighted by atomic mass is 19.1. The van der Waals surface area contributed by atoms with E-state index in [1.54, 1.807) is 24.4 Å². The second-order valence-electron chi connectivity index (χ2n) is 9.84. The van der Waals surface area contributed by atoms with Crippen molar-refractivity contribution in [2.75, 3.05) is 12.0 Å². The Morgan fingerprint density at radius 2 is 1.77 bits per heavy atom. The highest BCUT2D eigenvalue weighted by molar-refractivity contribution is 5.72. The quantitative estimate of drug-likeness (QED) is 0.549. The molecule has 0 spiro atoms. The molecule has 0 radical (unpaired) electrons. The van der Waals surface area contributed by atoms with E-state index in [9.17, 15) is 9.50 Å². The number of halogens is 1. The van der Waals surface area contributed by atoms with E-state index < -0.39 is 5.82 Å². The molecule has 8 nitrogen and oxygen atoms in total. The molecule has 2 aromatic heterocycles. The summed E-state index contributed by atoms with van der Waals surface area (Å²) in [5.41, 5.74) is 1.64. The Bertz CT molecular complexity index is 1210. The number of rotatable bonds is 6. The normalized spacial score (nSPS) is 23.7. The van der Waals surface area contributed by atoms with Crippen molar-refractivity contribution in [3.63, 3.8) is 0 Å². The van der Waals surface area contributed by atoms with E-state index in [0.717, 1.165) is 18.7 Å². The van der Waals surface area contributed by atoms with Crippen molar-refractivity contribution < 1.29 is 14.2 Å². The van der Waals surface area contributed by atoms with Crippen LogP contribution in [0.3, 0.4) is 0 Å². The Hall–Kier alpha value is -3.33. The first-order chi connectivity index (χ1) is 17.1. The summed E-state index contributed by atoms with van der Waals surface area (Å²) in [7, 11) is 1.37. The number of nitrogens with zero attached hydrogens (tertiary/aromatic N) is 5. The lowest BCUT2D eigenvalue weighted by Crippen LogP contribution is -2.55. The van der Waals surface area contributed by atoms with Crippen LogP contribution in [0.25, 0.3) is 22.5 Å². The lowest BCUT2D eigenvalue weighted by atomic mass is 9.83. The Balaban J connectivity index is 1.23. The zero-order chi connectivity index (χ0) is 23.9. The Kier molecular flexibility index (Phi) is 5.72. The molecule has 1 aliphatic carbocycles. The van der Waals surface area contributed by atoms with Crippen LogP contribution in [-0.4, -0.2) is 56.5 Å². The monoisotopic (exact) mass is 476 g/mol. The molecule has 3 aromatic rings. The van der Waals surface area contributed by atoms with Crippen LogP contribution in [0, 0.1) is 5.82 Å². The van der Waals surface area contributed by atoms with E-state index in [0.29, 0.717) is 46.7 Å². The number of pyridine rings is 1. The number of fused-ring (bicyclic) bond motifs is 2. The van der Waals surface area contributed by atoms with E-state index in [1.807, 2.05) is 0 Å². The van der Waals surface area contributed by atoms with Crippen LogP contribution in [0.4, 0.5) is 10.2 Å². The summed E-state index contributed by atoms with van der Waals surface area (Å²) in [5.74, 6) is 0.543. The van der Waals surface area contributed by atoms with Gasteiger partial charge < -0.3 is 20.1 Å². The van der Waals surface area contributed by atoms with Gasteiger partial charge in [0.2, 0.25) is 5.88 Å². The number of nitrogens with one attached hydrogen (secondary N) is 1. The smallest absolute Gasteiger partial charge is 0.250 e. The minimum Gasteiger partial charge on any atom is -0.507 e. The maximum atomic E-state index is 14.1. The van der Waals surface area contributed by atoms with E-state index in [2.05, 4.69) is 30.4 Å². The van der Waals surface area contributed by atoms with Crippen LogP contribution in [0.1, 0.15) is 44.9 Å². The number of benzene rings is 1. The number of aromatic nitrogens is 4. The van der Waals surface area contributed by atoms with Crippen molar-refractivity contribution in [3.8, 4) is 34.1 Å². The minimum absolute atomic E-state index is 0.00138. The molecule has 1 aromatic carbocycles. The van der Waals surface area contributed by atoms with Gasteiger partial charge in [-0.05, 0) is 62.3 Å². The molecule has 182 valence electrons. The second-order valence-corrected chi connectivity index (χ2v) is 9.84. The molecule has 0 unspecified atom stereocenters. The first kappa shape index (κ1) is 22.2. The fourth-order valence-corrected chi connectivity index (χ4v) is 5.63. The summed E-state index contributed by atoms with van der Waals surface area (Å²) in [6.45, 7) is 0. The van der Waals surface area contributed by atoms with Crippen molar-refractivity contribution in [1.82, 2.24) is 25.5 Å². The van der Waals surface area contributed by atoms with Gasteiger partial charge in [0.25, 0.3) is 0 Å². The number of anilines is 1. The Morgan fingerprint density at radius 1 is 0.971 bits per heavy atom. The van der Waals surface area contributed by atoms with Gasteiger partial charge in [0, 0.05) is 35.9 Å². The summed E-state index contributed by atoms with van der Waals surface area (Å²) in [5, 5.41) is 23.4. The number of ether oxygens (including phenoxy) is 1. The topological polar surface area (TPSA) is 96.3 Å². The van der Waals surface area contributed by atoms with Gasteiger partial charge in [-0.2, -0.15) is 0 Å². The predicted octanol–water partition coefficient (Wildman–Crippen LogP) is 4.10. The number of hydrogen-bond acceptors (Lipinski definition) is 8. The molecular weight excluding hydrogens is 447 g/mol.